The van der Waals surface area contributed by atoms with Crippen molar-refractivity contribution >= 4 is 16.7 Å². The number of piperidine rings is 1. The molecule has 148 valence electrons. The molecular formula is C23H34N2O2. The van der Waals surface area contributed by atoms with Crippen LogP contribution >= 0.6 is 0 Å². The molecule has 0 unspecified atom stereocenters. The fourth-order valence-electron chi connectivity index (χ4n) is 4.05. The Kier molecular flexibility index (Phi) is 7.33. The number of unbranched alkanes of at least 4 members (excludes halogenated alkanes) is 5. The van der Waals surface area contributed by atoms with E-state index in [4.69, 9.17) is 4.74 Å². The molecule has 0 aliphatic carbocycles. The summed E-state index contributed by atoms with van der Waals surface area (Å²) in [5.74, 6) is 1.32. The summed E-state index contributed by atoms with van der Waals surface area (Å²) in [6, 6.07) is 6.41. The second-order valence-electron chi connectivity index (χ2n) is 7.81. The summed E-state index contributed by atoms with van der Waals surface area (Å²) < 4.78 is 7.86. The van der Waals surface area contributed by atoms with Crippen LogP contribution in [-0.4, -0.2) is 35.4 Å². The number of nitrogens with zero attached hydrogens (tertiary/aromatic N) is 2. The molecule has 1 saturated heterocycles. The van der Waals surface area contributed by atoms with Gasteiger partial charge in [-0.3, -0.25) is 9.69 Å². The Morgan fingerprint density at radius 1 is 1.04 bits per heavy atom. The van der Waals surface area contributed by atoms with Gasteiger partial charge in [-0.1, -0.05) is 39.0 Å². The van der Waals surface area contributed by atoms with Crippen molar-refractivity contribution in [3.05, 3.63) is 30.0 Å². The van der Waals surface area contributed by atoms with Gasteiger partial charge in [0.15, 0.2) is 0 Å². The van der Waals surface area contributed by atoms with E-state index >= 15 is 0 Å². The monoisotopic (exact) mass is 370 g/mol. The smallest absolute Gasteiger partial charge is 0.135 e. The van der Waals surface area contributed by atoms with Crippen LogP contribution in [-0.2, 0) is 17.9 Å². The lowest BCUT2D eigenvalue weighted by Gasteiger charge is -2.25. The highest BCUT2D eigenvalue weighted by molar-refractivity contribution is 5.85. The summed E-state index contributed by atoms with van der Waals surface area (Å²) in [5, 5.41) is 1.32. The largest absolute Gasteiger partial charge is 0.497 e. The van der Waals surface area contributed by atoms with Crippen LogP contribution in [0.3, 0.4) is 0 Å². The summed E-state index contributed by atoms with van der Waals surface area (Å²) in [5.41, 5.74) is 2.64. The van der Waals surface area contributed by atoms with Gasteiger partial charge in [-0.25, -0.2) is 0 Å². The van der Waals surface area contributed by atoms with Crippen molar-refractivity contribution in [2.24, 2.45) is 0 Å². The molecule has 0 amide bonds. The van der Waals surface area contributed by atoms with E-state index in [1.54, 1.807) is 7.11 Å². The molecule has 1 aliphatic rings. The number of aryl methyl sites for hydroxylation is 1. The van der Waals surface area contributed by atoms with E-state index in [1.165, 1.54) is 55.0 Å². The molecule has 3 rings (SSSR count). The normalized spacial score (nSPS) is 15.6. The number of aromatic nitrogens is 1. The molecule has 2 heterocycles. The molecule has 1 aromatic carbocycles. The molecule has 0 spiro atoms. The van der Waals surface area contributed by atoms with Gasteiger partial charge >= 0.3 is 0 Å². The van der Waals surface area contributed by atoms with E-state index in [1.807, 2.05) is 0 Å². The third-order valence-electron chi connectivity index (χ3n) is 5.73. The summed E-state index contributed by atoms with van der Waals surface area (Å²) in [6.07, 6.45) is 11.6. The lowest BCUT2D eigenvalue weighted by molar-refractivity contribution is -0.121. The van der Waals surface area contributed by atoms with Crippen molar-refractivity contribution in [1.29, 1.82) is 0 Å². The molecular weight excluding hydrogens is 336 g/mol. The Morgan fingerprint density at radius 2 is 1.78 bits per heavy atom. The predicted octanol–water partition coefficient (Wildman–Crippen LogP) is 5.18. The first kappa shape index (κ1) is 19.9. The van der Waals surface area contributed by atoms with Crippen LogP contribution < -0.4 is 4.74 Å². The molecule has 1 aromatic heterocycles. The van der Waals surface area contributed by atoms with Crippen molar-refractivity contribution in [3.8, 4) is 5.75 Å². The lowest BCUT2D eigenvalue weighted by atomic mass is 10.1. The zero-order chi connectivity index (χ0) is 19.1. The Balaban J connectivity index is 1.70. The van der Waals surface area contributed by atoms with Gasteiger partial charge in [-0.05, 0) is 24.1 Å². The van der Waals surface area contributed by atoms with Crippen LogP contribution in [0.4, 0.5) is 0 Å². The van der Waals surface area contributed by atoms with E-state index in [0.29, 0.717) is 18.6 Å². The van der Waals surface area contributed by atoms with Crippen molar-refractivity contribution in [1.82, 2.24) is 9.47 Å². The molecule has 0 saturated carbocycles. The Morgan fingerprint density at radius 3 is 2.52 bits per heavy atom. The molecule has 0 radical (unpaired) electrons. The number of ether oxygens (including phenoxy) is 1. The number of rotatable bonds is 10. The molecule has 2 aromatic rings. The van der Waals surface area contributed by atoms with Crippen molar-refractivity contribution < 1.29 is 9.53 Å². The van der Waals surface area contributed by atoms with E-state index in [-0.39, 0.29) is 0 Å². The molecule has 0 bridgehead atoms. The summed E-state index contributed by atoms with van der Waals surface area (Å²) in [6.45, 7) is 6.03. The fourth-order valence-corrected chi connectivity index (χ4v) is 4.05. The standard InChI is InChI=1S/C23H34N2O2/c1-3-4-5-6-7-8-13-25-18-19(17-24-14-11-20(26)12-15-24)22-10-9-21(27-2)16-23(22)25/h9-10,16,18H,3-8,11-15,17H2,1-2H3. The molecule has 0 atom stereocenters. The summed E-state index contributed by atoms with van der Waals surface area (Å²) in [4.78, 5) is 13.9. The SMILES string of the molecule is CCCCCCCCn1cc(CN2CCC(=O)CC2)c2ccc(OC)cc21. The van der Waals surface area contributed by atoms with Crippen LogP contribution in [0.1, 0.15) is 63.9 Å². The maximum Gasteiger partial charge on any atom is 0.135 e. The number of methoxy groups -OCH3 is 1. The van der Waals surface area contributed by atoms with Gasteiger partial charge in [0.2, 0.25) is 0 Å². The van der Waals surface area contributed by atoms with Gasteiger partial charge in [-0.2, -0.15) is 0 Å². The summed E-state index contributed by atoms with van der Waals surface area (Å²) >= 11 is 0. The van der Waals surface area contributed by atoms with Crippen LogP contribution in [0, 0.1) is 0 Å². The van der Waals surface area contributed by atoms with Crippen molar-refractivity contribution in [2.45, 2.75) is 71.4 Å². The van der Waals surface area contributed by atoms with Crippen molar-refractivity contribution in [2.75, 3.05) is 20.2 Å². The van der Waals surface area contributed by atoms with Crippen LogP contribution in [0.2, 0.25) is 0 Å². The second kappa shape index (κ2) is 9.93. The van der Waals surface area contributed by atoms with Gasteiger partial charge in [0, 0.05) is 56.7 Å². The maximum absolute atomic E-state index is 11.5. The minimum atomic E-state index is 0.404. The molecule has 4 heteroatoms. The van der Waals surface area contributed by atoms with Crippen LogP contribution in [0.15, 0.2) is 24.4 Å². The minimum Gasteiger partial charge on any atom is -0.497 e. The second-order valence-corrected chi connectivity index (χ2v) is 7.81. The van der Waals surface area contributed by atoms with Gasteiger partial charge in [0.1, 0.15) is 11.5 Å². The zero-order valence-electron chi connectivity index (χ0n) is 17.0. The van der Waals surface area contributed by atoms with E-state index in [0.717, 1.165) is 31.9 Å². The number of hydrogen-bond acceptors (Lipinski definition) is 3. The molecule has 1 aliphatic heterocycles. The number of ketones is 1. The Labute approximate surface area is 163 Å². The predicted molar refractivity (Wildman–Crippen MR) is 111 cm³/mol. The number of hydrogen-bond donors (Lipinski definition) is 0. The summed E-state index contributed by atoms with van der Waals surface area (Å²) in [7, 11) is 1.73. The molecule has 4 nitrogen and oxygen atoms in total. The van der Waals surface area contributed by atoms with Crippen LogP contribution in [0.5, 0.6) is 5.75 Å². The molecule has 1 fully saturated rings. The van der Waals surface area contributed by atoms with Gasteiger partial charge < -0.3 is 9.30 Å². The first-order chi connectivity index (χ1) is 13.2. The van der Waals surface area contributed by atoms with Gasteiger partial charge in [0.25, 0.3) is 0 Å². The Hall–Kier alpha value is -1.81. The quantitative estimate of drug-likeness (QED) is 0.541. The first-order valence-electron chi connectivity index (χ1n) is 10.6. The minimum absolute atomic E-state index is 0.404. The number of benzene rings is 1. The number of likely N-dealkylation sites (tertiary alicyclic amines) is 1. The maximum atomic E-state index is 11.5. The number of fused-ring (bicyclic) bond motifs is 1. The average molecular weight is 371 g/mol. The van der Waals surface area contributed by atoms with Crippen molar-refractivity contribution in [3.63, 3.8) is 0 Å². The molecule has 0 N–H and O–H groups in total. The van der Waals surface area contributed by atoms with Gasteiger partial charge in [-0.15, -0.1) is 0 Å². The van der Waals surface area contributed by atoms with E-state index in [2.05, 4.69) is 40.8 Å². The lowest BCUT2D eigenvalue weighted by Crippen LogP contribution is -2.33. The zero-order valence-corrected chi connectivity index (χ0v) is 17.0. The Bertz CT molecular complexity index is 740. The third-order valence-corrected chi connectivity index (χ3v) is 5.73. The first-order valence-corrected chi connectivity index (χ1v) is 10.6. The number of carbonyl (C=O) groups excluding carboxylic acids is 1. The van der Waals surface area contributed by atoms with E-state index < -0.39 is 0 Å². The highest BCUT2D eigenvalue weighted by Gasteiger charge is 2.18. The average Bonchev–Trinajstić information content (AvgIpc) is 3.03. The van der Waals surface area contributed by atoms with Crippen LogP contribution in [0.25, 0.3) is 10.9 Å². The number of carbonyl (C=O) groups is 1. The topological polar surface area (TPSA) is 34.5 Å². The highest BCUT2D eigenvalue weighted by atomic mass is 16.5. The fraction of sp³-hybridized carbons (Fsp3) is 0.609. The number of Topliss-reactive ketones (excluding diaryl/α,β-unsaturated/α-hetero) is 1. The molecule has 27 heavy (non-hydrogen) atoms. The van der Waals surface area contributed by atoms with Gasteiger partial charge in [0.05, 0.1) is 12.6 Å². The highest BCUT2D eigenvalue weighted by Crippen LogP contribution is 2.28. The van der Waals surface area contributed by atoms with E-state index in [9.17, 15) is 4.79 Å². The third kappa shape index (κ3) is 5.35.